The Hall–Kier alpha value is -3.17. The second-order valence-corrected chi connectivity index (χ2v) is 7.99. The molecule has 0 amide bonds. The summed E-state index contributed by atoms with van der Waals surface area (Å²) in [4.78, 5) is 12.2. The number of sulfonamides is 1. The summed E-state index contributed by atoms with van der Waals surface area (Å²) in [7, 11) is -3.82. The van der Waals surface area contributed by atoms with Gasteiger partial charge in [-0.05, 0) is 54.6 Å². The Kier molecular flexibility index (Phi) is 7.21. The molecule has 2 aromatic carbocycles. The van der Waals surface area contributed by atoms with E-state index in [1.54, 1.807) is 12.1 Å². The largest absolute Gasteiger partial charge is 0.493 e. The van der Waals surface area contributed by atoms with E-state index in [1.165, 1.54) is 54.8 Å². The minimum Gasteiger partial charge on any atom is -0.493 e. The van der Waals surface area contributed by atoms with Crippen molar-refractivity contribution in [1.82, 2.24) is 4.72 Å². The highest BCUT2D eigenvalue weighted by Crippen LogP contribution is 2.14. The number of ether oxygens (including phenoxy) is 2. The van der Waals surface area contributed by atoms with E-state index < -0.39 is 16.0 Å². The zero-order chi connectivity index (χ0) is 21.4. The Balaban J connectivity index is 1.48. The standard InChI is InChI=1S/C21H20FNO6S/c22-17-7-9-18(10-8-17)27-12-3-13-29-21(24)16-4-1-6-20(14-16)30(25,26)23-15-19-5-2-11-28-19/h1-2,4-11,14,23H,3,12-13,15H2. The van der Waals surface area contributed by atoms with Crippen molar-refractivity contribution in [3.05, 3.63) is 84.1 Å². The highest BCUT2D eigenvalue weighted by Gasteiger charge is 2.17. The molecule has 9 heteroatoms. The maximum Gasteiger partial charge on any atom is 0.338 e. The molecule has 0 fully saturated rings. The fourth-order valence-corrected chi connectivity index (χ4v) is 3.52. The van der Waals surface area contributed by atoms with Crippen LogP contribution < -0.4 is 9.46 Å². The topological polar surface area (TPSA) is 94.8 Å². The summed E-state index contributed by atoms with van der Waals surface area (Å²) in [5.41, 5.74) is 0.121. The zero-order valence-corrected chi connectivity index (χ0v) is 16.7. The number of halogens is 1. The summed E-state index contributed by atoms with van der Waals surface area (Å²) in [5.74, 6) is -0.00349. The van der Waals surface area contributed by atoms with Gasteiger partial charge in [-0.3, -0.25) is 0 Å². The molecule has 0 saturated heterocycles. The van der Waals surface area contributed by atoms with Crippen LogP contribution in [0.25, 0.3) is 0 Å². The molecule has 0 aliphatic rings. The molecule has 0 atom stereocenters. The predicted octanol–water partition coefficient (Wildman–Crippen LogP) is 3.52. The molecule has 158 valence electrons. The first kappa shape index (κ1) is 21.5. The van der Waals surface area contributed by atoms with Crippen molar-refractivity contribution >= 4 is 16.0 Å². The van der Waals surface area contributed by atoms with E-state index in [4.69, 9.17) is 13.9 Å². The number of benzene rings is 2. The smallest absolute Gasteiger partial charge is 0.338 e. The first-order valence-corrected chi connectivity index (χ1v) is 10.6. The normalized spacial score (nSPS) is 11.2. The van der Waals surface area contributed by atoms with Crippen LogP contribution in [0, 0.1) is 5.82 Å². The number of hydrogen-bond donors (Lipinski definition) is 1. The highest BCUT2D eigenvalue weighted by atomic mass is 32.2. The van der Waals surface area contributed by atoms with Crippen LogP contribution in [0.1, 0.15) is 22.5 Å². The molecule has 0 bridgehead atoms. The quantitative estimate of drug-likeness (QED) is 0.388. The number of rotatable bonds is 10. The minimum absolute atomic E-state index is 0.00192. The fourth-order valence-electron chi connectivity index (χ4n) is 2.48. The summed E-state index contributed by atoms with van der Waals surface area (Å²) >= 11 is 0. The van der Waals surface area contributed by atoms with Gasteiger partial charge in [-0.15, -0.1) is 0 Å². The lowest BCUT2D eigenvalue weighted by Gasteiger charge is -2.09. The van der Waals surface area contributed by atoms with E-state index >= 15 is 0 Å². The summed E-state index contributed by atoms with van der Waals surface area (Å²) < 4.78 is 55.7. The van der Waals surface area contributed by atoms with E-state index in [0.29, 0.717) is 17.9 Å². The van der Waals surface area contributed by atoms with Gasteiger partial charge in [0.1, 0.15) is 17.3 Å². The maximum absolute atomic E-state index is 12.8. The molecule has 3 aromatic rings. The lowest BCUT2D eigenvalue weighted by atomic mass is 10.2. The minimum atomic E-state index is -3.82. The van der Waals surface area contributed by atoms with E-state index in [2.05, 4.69) is 4.72 Å². The number of carbonyl (C=O) groups is 1. The predicted molar refractivity (Wildman–Crippen MR) is 106 cm³/mol. The Morgan fingerprint density at radius 3 is 2.57 bits per heavy atom. The second-order valence-electron chi connectivity index (χ2n) is 6.22. The molecule has 1 heterocycles. The molecular weight excluding hydrogens is 413 g/mol. The molecule has 0 saturated carbocycles. The summed E-state index contributed by atoms with van der Waals surface area (Å²) in [6, 6.07) is 14.5. The number of hydrogen-bond acceptors (Lipinski definition) is 6. The monoisotopic (exact) mass is 433 g/mol. The van der Waals surface area contributed by atoms with Crippen LogP contribution in [0.3, 0.4) is 0 Å². The van der Waals surface area contributed by atoms with E-state index in [1.807, 2.05) is 0 Å². The van der Waals surface area contributed by atoms with Crippen molar-refractivity contribution in [2.45, 2.75) is 17.9 Å². The molecular formula is C21H20FNO6S. The van der Waals surface area contributed by atoms with Gasteiger partial charge in [-0.1, -0.05) is 6.07 Å². The highest BCUT2D eigenvalue weighted by molar-refractivity contribution is 7.89. The Labute approximate surface area is 173 Å². The number of nitrogens with one attached hydrogen (secondary N) is 1. The molecule has 7 nitrogen and oxygen atoms in total. The molecule has 0 spiro atoms. The van der Waals surface area contributed by atoms with Crippen LogP contribution in [0.4, 0.5) is 4.39 Å². The molecule has 0 aliphatic heterocycles. The molecule has 1 N–H and O–H groups in total. The van der Waals surface area contributed by atoms with Gasteiger partial charge in [0.05, 0.1) is 36.5 Å². The van der Waals surface area contributed by atoms with Crippen LogP contribution in [-0.2, 0) is 21.3 Å². The van der Waals surface area contributed by atoms with Gasteiger partial charge < -0.3 is 13.9 Å². The SMILES string of the molecule is O=C(OCCCOc1ccc(F)cc1)c1cccc(S(=O)(=O)NCc2ccco2)c1. The molecule has 30 heavy (non-hydrogen) atoms. The third kappa shape index (κ3) is 6.16. The molecule has 3 rings (SSSR count). The van der Waals surface area contributed by atoms with Crippen LogP contribution in [0.15, 0.2) is 76.2 Å². The average Bonchev–Trinajstić information content (AvgIpc) is 3.27. The van der Waals surface area contributed by atoms with Crippen LogP contribution in [0.5, 0.6) is 5.75 Å². The Morgan fingerprint density at radius 1 is 1.03 bits per heavy atom. The lowest BCUT2D eigenvalue weighted by molar-refractivity contribution is 0.0485. The van der Waals surface area contributed by atoms with Crippen LogP contribution >= 0.6 is 0 Å². The van der Waals surface area contributed by atoms with Gasteiger partial charge in [-0.25, -0.2) is 22.3 Å². The number of carbonyl (C=O) groups excluding carboxylic acids is 1. The van der Waals surface area contributed by atoms with Crippen molar-refractivity contribution in [1.29, 1.82) is 0 Å². The summed E-state index contributed by atoms with van der Waals surface area (Å²) in [6.45, 7) is 0.371. The van der Waals surface area contributed by atoms with Gasteiger partial charge in [0.15, 0.2) is 0 Å². The molecule has 0 radical (unpaired) electrons. The Morgan fingerprint density at radius 2 is 1.83 bits per heavy atom. The molecule has 0 unspecified atom stereocenters. The van der Waals surface area contributed by atoms with Crippen LogP contribution in [0.2, 0.25) is 0 Å². The van der Waals surface area contributed by atoms with Crippen molar-refractivity contribution in [3.8, 4) is 5.75 Å². The maximum atomic E-state index is 12.8. The van der Waals surface area contributed by atoms with Crippen molar-refractivity contribution < 1.29 is 31.5 Å². The van der Waals surface area contributed by atoms with E-state index in [0.717, 1.165) is 0 Å². The van der Waals surface area contributed by atoms with E-state index in [9.17, 15) is 17.6 Å². The van der Waals surface area contributed by atoms with Gasteiger partial charge in [0.25, 0.3) is 0 Å². The third-order valence-electron chi connectivity index (χ3n) is 4.00. The Bertz CT molecular complexity index is 1070. The second kappa shape index (κ2) is 10.0. The van der Waals surface area contributed by atoms with Gasteiger partial charge in [0, 0.05) is 6.42 Å². The van der Waals surface area contributed by atoms with Gasteiger partial charge >= 0.3 is 5.97 Å². The van der Waals surface area contributed by atoms with Crippen molar-refractivity contribution in [3.63, 3.8) is 0 Å². The zero-order valence-electron chi connectivity index (χ0n) is 15.9. The van der Waals surface area contributed by atoms with Crippen molar-refractivity contribution in [2.24, 2.45) is 0 Å². The molecule has 1 aromatic heterocycles. The van der Waals surface area contributed by atoms with Gasteiger partial charge in [-0.2, -0.15) is 0 Å². The number of esters is 1. The summed E-state index contributed by atoms with van der Waals surface area (Å²) in [5, 5.41) is 0. The summed E-state index contributed by atoms with van der Waals surface area (Å²) in [6.07, 6.45) is 1.87. The molecule has 0 aliphatic carbocycles. The van der Waals surface area contributed by atoms with Gasteiger partial charge in [0.2, 0.25) is 10.0 Å². The van der Waals surface area contributed by atoms with Crippen molar-refractivity contribution in [2.75, 3.05) is 13.2 Å². The number of furan rings is 1. The lowest BCUT2D eigenvalue weighted by Crippen LogP contribution is -2.23. The fraction of sp³-hybridized carbons (Fsp3) is 0.190. The van der Waals surface area contributed by atoms with Crippen LogP contribution in [-0.4, -0.2) is 27.6 Å². The first-order chi connectivity index (χ1) is 14.4. The van der Waals surface area contributed by atoms with E-state index in [-0.39, 0.29) is 36.0 Å². The third-order valence-corrected chi connectivity index (χ3v) is 5.40. The average molecular weight is 433 g/mol. The first-order valence-electron chi connectivity index (χ1n) is 9.12.